The van der Waals surface area contributed by atoms with E-state index in [-0.39, 0.29) is 12.7 Å². The minimum Gasteiger partial charge on any atom is -0.463 e. The molecule has 124 valence electrons. The van der Waals surface area contributed by atoms with Gasteiger partial charge in [0.25, 0.3) is 6.71 Å². The lowest BCUT2D eigenvalue weighted by Crippen LogP contribution is -2.12. The van der Waals surface area contributed by atoms with Gasteiger partial charge in [0, 0.05) is 11.4 Å². The van der Waals surface area contributed by atoms with Gasteiger partial charge in [-0.25, -0.2) is 10.1 Å². The summed E-state index contributed by atoms with van der Waals surface area (Å²) < 4.78 is 10.5. The first-order chi connectivity index (χ1) is 11.7. The van der Waals surface area contributed by atoms with Crippen LogP contribution in [0.5, 0.6) is 0 Å². The van der Waals surface area contributed by atoms with E-state index in [1.54, 1.807) is 6.92 Å². The minimum absolute atomic E-state index is 0.131. The number of hydrogen-bond donors (Lipinski definition) is 0. The number of ether oxygens (including phenoxy) is 1. The fraction of sp³-hybridized carbons (Fsp3) is 0.368. The molecular formula is C19H22BNO3. The number of nitriles is 1. The predicted molar refractivity (Wildman–Crippen MR) is 97.1 cm³/mol. The van der Waals surface area contributed by atoms with Crippen LogP contribution in [0.25, 0.3) is 16.5 Å². The minimum atomic E-state index is -0.359. The Labute approximate surface area is 143 Å². The predicted octanol–water partition coefficient (Wildman–Crippen LogP) is 4.98. The Morgan fingerprint density at radius 1 is 1.42 bits per heavy atom. The van der Waals surface area contributed by atoms with Crippen LogP contribution in [0.1, 0.15) is 43.1 Å². The van der Waals surface area contributed by atoms with E-state index in [1.807, 2.05) is 32.0 Å². The van der Waals surface area contributed by atoms with Crippen molar-refractivity contribution in [3.8, 4) is 5.97 Å². The molecule has 5 heteroatoms. The summed E-state index contributed by atoms with van der Waals surface area (Å²) in [7, 11) is 0. The Morgan fingerprint density at radius 3 is 2.83 bits per heavy atom. The summed E-state index contributed by atoms with van der Waals surface area (Å²) in [6.45, 7) is 6.25. The van der Waals surface area contributed by atoms with E-state index in [4.69, 9.17) is 14.4 Å². The van der Waals surface area contributed by atoms with Crippen LogP contribution in [0, 0.1) is 11.2 Å². The van der Waals surface area contributed by atoms with Gasteiger partial charge in [0.05, 0.1) is 6.61 Å². The summed E-state index contributed by atoms with van der Waals surface area (Å²) >= 11 is 0. The molecule has 4 nitrogen and oxygen atoms in total. The summed E-state index contributed by atoms with van der Waals surface area (Å²) in [6, 6.07) is 5.85. The highest BCUT2D eigenvalue weighted by molar-refractivity contribution is 6.67. The molecule has 24 heavy (non-hydrogen) atoms. The van der Waals surface area contributed by atoms with Crippen molar-refractivity contribution < 1.29 is 13.9 Å². The number of hydrogen-bond acceptors (Lipinski definition) is 4. The molecule has 0 fully saturated rings. The fourth-order valence-corrected chi connectivity index (χ4v) is 2.81. The highest BCUT2D eigenvalue weighted by Crippen LogP contribution is 2.31. The van der Waals surface area contributed by atoms with Crippen molar-refractivity contribution in [2.75, 3.05) is 6.61 Å². The molecular weight excluding hydrogens is 301 g/mol. The maximum absolute atomic E-state index is 11.9. The van der Waals surface area contributed by atoms with Crippen LogP contribution >= 0.6 is 0 Å². The highest BCUT2D eigenvalue weighted by Gasteiger charge is 2.20. The van der Waals surface area contributed by atoms with Crippen molar-refractivity contribution in [1.29, 1.82) is 5.26 Å². The molecule has 1 aliphatic rings. The van der Waals surface area contributed by atoms with Gasteiger partial charge in [0.1, 0.15) is 17.4 Å². The third-order valence-electron chi connectivity index (χ3n) is 4.04. The van der Waals surface area contributed by atoms with Crippen LogP contribution in [0.4, 0.5) is 0 Å². The van der Waals surface area contributed by atoms with E-state index in [2.05, 4.69) is 12.0 Å². The zero-order valence-electron chi connectivity index (χ0n) is 14.5. The van der Waals surface area contributed by atoms with Gasteiger partial charge >= 0.3 is 5.97 Å². The van der Waals surface area contributed by atoms with Crippen LogP contribution in [0.3, 0.4) is 0 Å². The van der Waals surface area contributed by atoms with Crippen molar-refractivity contribution in [1.82, 2.24) is 0 Å². The van der Waals surface area contributed by atoms with Gasteiger partial charge in [-0.2, -0.15) is 0 Å². The summed E-state index contributed by atoms with van der Waals surface area (Å²) in [5.41, 5.74) is 3.48. The van der Waals surface area contributed by atoms with Crippen LogP contribution in [-0.2, 0) is 4.74 Å². The highest BCUT2D eigenvalue weighted by atomic mass is 16.5. The maximum Gasteiger partial charge on any atom is 0.342 e. The summed E-state index contributed by atoms with van der Waals surface area (Å²) in [5.74, 6) is 1.96. The van der Waals surface area contributed by atoms with Gasteiger partial charge in [-0.1, -0.05) is 32.3 Å². The Hall–Kier alpha value is -2.48. The number of allylic oxidation sites excluding steroid dienone is 2. The zero-order chi connectivity index (χ0) is 17.5. The molecule has 0 spiro atoms. The molecule has 2 aromatic rings. The fourth-order valence-electron chi connectivity index (χ4n) is 2.81. The number of furan rings is 1. The van der Waals surface area contributed by atoms with E-state index in [1.165, 1.54) is 11.8 Å². The van der Waals surface area contributed by atoms with Crippen molar-refractivity contribution in [2.24, 2.45) is 0 Å². The summed E-state index contributed by atoms with van der Waals surface area (Å²) in [4.78, 5) is 11.9. The quantitative estimate of drug-likeness (QED) is 0.590. The second kappa shape index (κ2) is 8.40. The Balaban J connectivity index is 0.00000100. The Bertz CT molecular complexity index is 785. The first kappa shape index (κ1) is 17.9. The van der Waals surface area contributed by atoms with E-state index >= 15 is 0 Å². The summed E-state index contributed by atoms with van der Waals surface area (Å²) in [6.07, 6.45) is 6.18. The van der Waals surface area contributed by atoms with Gasteiger partial charge in [-0.3, -0.25) is 0 Å². The van der Waals surface area contributed by atoms with E-state index in [9.17, 15) is 4.79 Å². The van der Waals surface area contributed by atoms with Crippen LogP contribution < -0.4 is 0 Å². The molecule has 1 aliphatic heterocycles. The first-order valence-corrected chi connectivity index (χ1v) is 8.50. The monoisotopic (exact) mass is 323 g/mol. The molecule has 0 amide bonds. The molecule has 0 radical (unpaired) electrons. The molecule has 0 unspecified atom stereocenters. The lowest BCUT2D eigenvalue weighted by Gasteiger charge is -2.14. The Kier molecular flexibility index (Phi) is 6.25. The number of benzene rings is 1. The topological polar surface area (TPSA) is 63.2 Å². The lowest BCUT2D eigenvalue weighted by molar-refractivity contribution is 0.0527. The first-order valence-electron chi connectivity index (χ1n) is 8.50. The standard InChI is InChI=1S/C17H16BNO3.C2H6/c1-2-21-17(20)15-10-22-16-9-13(3-4-14(15)16)12-5-7-18(11-19)8-6-12;1-2/h3-5,9-10H,2,6-8H2,1H3;1-2H3. The Morgan fingerprint density at radius 2 is 2.21 bits per heavy atom. The van der Waals surface area contributed by atoms with E-state index < -0.39 is 0 Å². The van der Waals surface area contributed by atoms with E-state index in [0.717, 1.165) is 30.0 Å². The molecule has 0 atom stereocenters. The molecule has 0 saturated carbocycles. The van der Waals surface area contributed by atoms with Crippen molar-refractivity contribution in [3.63, 3.8) is 0 Å². The molecule has 1 aromatic carbocycles. The second-order valence-electron chi connectivity index (χ2n) is 5.41. The maximum atomic E-state index is 11.9. The SMILES string of the molecule is CC.CCOC(=O)c1coc2cc(C3=CCB(C#N)CC3)ccc12. The zero-order valence-corrected chi connectivity index (χ0v) is 14.5. The number of carbonyl (C=O) groups excluding carboxylic acids is 1. The third-order valence-corrected chi connectivity index (χ3v) is 4.04. The van der Waals surface area contributed by atoms with Crippen LogP contribution in [-0.4, -0.2) is 19.3 Å². The van der Waals surface area contributed by atoms with Crippen molar-refractivity contribution >= 4 is 29.2 Å². The molecule has 0 saturated heterocycles. The molecule has 3 rings (SSSR count). The number of fused-ring (bicyclic) bond motifs is 1. The molecule has 0 bridgehead atoms. The average Bonchev–Trinajstić information content (AvgIpc) is 3.07. The molecule has 0 aliphatic carbocycles. The van der Waals surface area contributed by atoms with Gasteiger partial charge in [0.2, 0.25) is 0 Å². The van der Waals surface area contributed by atoms with Gasteiger partial charge in [0.15, 0.2) is 0 Å². The smallest absolute Gasteiger partial charge is 0.342 e. The normalized spacial score (nSPS) is 13.6. The second-order valence-corrected chi connectivity index (χ2v) is 5.41. The van der Waals surface area contributed by atoms with Gasteiger partial charge in [-0.15, -0.1) is 0 Å². The number of rotatable bonds is 3. The third kappa shape index (κ3) is 3.71. The van der Waals surface area contributed by atoms with Gasteiger partial charge < -0.3 is 9.15 Å². The van der Waals surface area contributed by atoms with Gasteiger partial charge in [-0.05, 0) is 42.9 Å². The number of nitrogens with zero attached hydrogens (tertiary/aromatic N) is 1. The van der Waals surface area contributed by atoms with Crippen molar-refractivity contribution in [3.05, 3.63) is 41.7 Å². The van der Waals surface area contributed by atoms with Crippen molar-refractivity contribution in [2.45, 2.75) is 39.8 Å². The number of esters is 1. The van der Waals surface area contributed by atoms with E-state index in [0.29, 0.717) is 17.8 Å². The molecule has 0 N–H and O–H groups in total. The number of carbonyl (C=O) groups is 1. The molecule has 2 heterocycles. The average molecular weight is 323 g/mol. The lowest BCUT2D eigenvalue weighted by atomic mass is 9.43. The van der Waals surface area contributed by atoms with Crippen LogP contribution in [0.15, 0.2) is 35.0 Å². The largest absolute Gasteiger partial charge is 0.463 e. The van der Waals surface area contributed by atoms with Crippen LogP contribution in [0.2, 0.25) is 12.6 Å². The summed E-state index contributed by atoms with van der Waals surface area (Å²) in [5, 5.41) is 9.72. The molecule has 1 aromatic heterocycles.